The average molecular weight is 469 g/mol. The lowest BCUT2D eigenvalue weighted by atomic mass is 10.1. The van der Waals surface area contributed by atoms with Gasteiger partial charge in [-0.05, 0) is 31.7 Å². The lowest BCUT2D eigenvalue weighted by molar-refractivity contribution is -0.144. The van der Waals surface area contributed by atoms with E-state index < -0.39 is 18.1 Å². The number of benzene rings is 1. The Morgan fingerprint density at radius 1 is 1.15 bits per heavy atom. The topological polar surface area (TPSA) is 108 Å². The van der Waals surface area contributed by atoms with Gasteiger partial charge in [-0.2, -0.15) is 0 Å². The summed E-state index contributed by atoms with van der Waals surface area (Å²) in [7, 11) is 1.56. The highest BCUT2D eigenvalue weighted by Gasteiger charge is 2.52. The summed E-state index contributed by atoms with van der Waals surface area (Å²) >= 11 is 0. The van der Waals surface area contributed by atoms with Crippen LogP contribution in [-0.4, -0.2) is 77.8 Å². The molecule has 34 heavy (non-hydrogen) atoms. The van der Waals surface area contributed by atoms with E-state index in [4.69, 9.17) is 4.74 Å². The van der Waals surface area contributed by atoms with Gasteiger partial charge >= 0.3 is 0 Å². The van der Waals surface area contributed by atoms with Crippen molar-refractivity contribution >= 4 is 23.6 Å². The number of para-hydroxylation sites is 1. The molecular formula is C25H32N4O5. The van der Waals surface area contributed by atoms with Crippen LogP contribution in [0.5, 0.6) is 5.75 Å². The summed E-state index contributed by atoms with van der Waals surface area (Å²) < 4.78 is 5.37. The standard InChI is InChI=1S/C25H32N4O5/c1-34-20-9-5-4-8-16(20)12-21(30)28-11-10-18-22(28)25(33)29-14-17(13-19(29)24(32)27-18)26-23(31)15-6-2-3-7-15/h4-5,8-9,15,17-19,22H,2-3,6-7,10-14H2,1H3,(H,26,31)(H,27,32). The lowest BCUT2D eigenvalue weighted by Gasteiger charge is -2.29. The molecule has 9 heteroatoms. The van der Waals surface area contributed by atoms with Crippen LogP contribution in [0, 0.1) is 5.92 Å². The summed E-state index contributed by atoms with van der Waals surface area (Å²) in [6.45, 7) is 0.711. The van der Waals surface area contributed by atoms with E-state index in [1.807, 2.05) is 18.2 Å². The Morgan fingerprint density at radius 3 is 2.68 bits per heavy atom. The number of hydrogen-bond acceptors (Lipinski definition) is 5. The van der Waals surface area contributed by atoms with Crippen LogP contribution < -0.4 is 15.4 Å². The van der Waals surface area contributed by atoms with Gasteiger partial charge in [-0.3, -0.25) is 19.2 Å². The van der Waals surface area contributed by atoms with Gasteiger partial charge < -0.3 is 25.2 Å². The molecule has 0 bridgehead atoms. The number of hydrogen-bond donors (Lipinski definition) is 2. The van der Waals surface area contributed by atoms with Gasteiger partial charge in [0.05, 0.1) is 19.6 Å². The van der Waals surface area contributed by atoms with Crippen LogP contribution in [0.3, 0.4) is 0 Å². The van der Waals surface area contributed by atoms with Crippen LogP contribution >= 0.6 is 0 Å². The third kappa shape index (κ3) is 4.12. The molecule has 2 N–H and O–H groups in total. The predicted octanol–water partition coefficient (Wildman–Crippen LogP) is 0.613. The Bertz CT molecular complexity index is 991. The van der Waals surface area contributed by atoms with E-state index in [1.54, 1.807) is 23.0 Å². The van der Waals surface area contributed by atoms with Crippen LogP contribution in [0.4, 0.5) is 0 Å². The van der Waals surface area contributed by atoms with Crippen molar-refractivity contribution in [2.75, 3.05) is 20.2 Å². The number of rotatable bonds is 5. The molecule has 1 aliphatic carbocycles. The lowest BCUT2D eigenvalue weighted by Crippen LogP contribution is -2.53. The number of carbonyl (C=O) groups is 4. The first-order chi connectivity index (χ1) is 16.5. The van der Waals surface area contributed by atoms with Gasteiger partial charge in [0.1, 0.15) is 17.8 Å². The second-order valence-electron chi connectivity index (χ2n) is 9.85. The monoisotopic (exact) mass is 468 g/mol. The maximum absolute atomic E-state index is 13.6. The molecule has 9 nitrogen and oxygen atoms in total. The van der Waals surface area contributed by atoms with Crippen molar-refractivity contribution in [2.24, 2.45) is 5.92 Å². The minimum atomic E-state index is -0.722. The predicted molar refractivity (Wildman–Crippen MR) is 123 cm³/mol. The molecule has 3 heterocycles. The van der Waals surface area contributed by atoms with Gasteiger partial charge in [-0.15, -0.1) is 0 Å². The number of methoxy groups -OCH3 is 1. The zero-order valence-electron chi connectivity index (χ0n) is 19.5. The highest BCUT2D eigenvalue weighted by molar-refractivity contribution is 5.97. The minimum Gasteiger partial charge on any atom is -0.496 e. The normalized spacial score (nSPS) is 28.9. The van der Waals surface area contributed by atoms with E-state index in [9.17, 15) is 19.2 Å². The Hall–Kier alpha value is -3.10. The molecule has 4 fully saturated rings. The maximum atomic E-state index is 13.6. The van der Waals surface area contributed by atoms with E-state index in [0.717, 1.165) is 31.2 Å². The molecule has 4 aliphatic rings. The van der Waals surface area contributed by atoms with Crippen LogP contribution in [0.25, 0.3) is 0 Å². The van der Waals surface area contributed by atoms with Crippen molar-refractivity contribution in [1.82, 2.24) is 20.4 Å². The number of nitrogens with one attached hydrogen (secondary N) is 2. The molecule has 5 rings (SSSR count). The van der Waals surface area contributed by atoms with E-state index in [2.05, 4.69) is 10.6 Å². The highest BCUT2D eigenvalue weighted by atomic mass is 16.5. The van der Waals surface area contributed by atoms with Crippen LogP contribution in [0.15, 0.2) is 24.3 Å². The highest BCUT2D eigenvalue weighted by Crippen LogP contribution is 2.31. The van der Waals surface area contributed by atoms with Crippen molar-refractivity contribution < 1.29 is 23.9 Å². The molecule has 1 saturated carbocycles. The van der Waals surface area contributed by atoms with Crippen LogP contribution in [0.2, 0.25) is 0 Å². The first-order valence-electron chi connectivity index (χ1n) is 12.3. The Morgan fingerprint density at radius 2 is 1.91 bits per heavy atom. The van der Waals surface area contributed by atoms with E-state index in [1.165, 1.54) is 0 Å². The quantitative estimate of drug-likeness (QED) is 0.659. The summed E-state index contributed by atoms with van der Waals surface area (Å²) in [5.74, 6) is 0.123. The molecule has 4 atom stereocenters. The molecule has 1 aromatic carbocycles. The number of nitrogens with zero attached hydrogens (tertiary/aromatic N) is 2. The van der Waals surface area contributed by atoms with Crippen molar-refractivity contribution in [3.8, 4) is 5.75 Å². The third-order valence-corrected chi connectivity index (χ3v) is 7.79. The molecule has 0 aromatic heterocycles. The zero-order valence-corrected chi connectivity index (χ0v) is 19.5. The number of amides is 4. The Balaban J connectivity index is 1.30. The molecule has 4 unspecified atom stereocenters. The summed E-state index contributed by atoms with van der Waals surface area (Å²) in [6.07, 6.45) is 5.02. The SMILES string of the molecule is COc1ccccc1CC(=O)N1CCC2NC(=O)C3CC(NC(=O)C4CCCC4)CN3C(=O)C21. The maximum Gasteiger partial charge on any atom is 0.248 e. The Labute approximate surface area is 199 Å². The van der Waals surface area contributed by atoms with E-state index in [0.29, 0.717) is 31.7 Å². The largest absolute Gasteiger partial charge is 0.496 e. The first-order valence-corrected chi connectivity index (χ1v) is 12.3. The van der Waals surface area contributed by atoms with E-state index in [-0.39, 0.29) is 42.0 Å². The number of fused-ring (bicyclic) bond motifs is 2. The van der Waals surface area contributed by atoms with E-state index >= 15 is 0 Å². The second kappa shape index (κ2) is 9.27. The number of ether oxygens (including phenoxy) is 1. The molecule has 3 saturated heterocycles. The van der Waals surface area contributed by atoms with Gasteiger partial charge in [-0.1, -0.05) is 31.0 Å². The number of carbonyl (C=O) groups excluding carboxylic acids is 4. The summed E-state index contributed by atoms with van der Waals surface area (Å²) in [4.78, 5) is 55.7. The van der Waals surface area contributed by atoms with Gasteiger partial charge in [0.15, 0.2) is 0 Å². The fourth-order valence-corrected chi connectivity index (χ4v) is 6.03. The first kappa shape index (κ1) is 22.7. The number of likely N-dealkylation sites (tertiary alicyclic amines) is 1. The van der Waals surface area contributed by atoms with Gasteiger partial charge in [0.25, 0.3) is 0 Å². The van der Waals surface area contributed by atoms with Crippen molar-refractivity contribution in [3.05, 3.63) is 29.8 Å². The summed E-state index contributed by atoms with van der Waals surface area (Å²) in [5, 5.41) is 6.08. The fraction of sp³-hybridized carbons (Fsp3) is 0.600. The third-order valence-electron chi connectivity index (χ3n) is 7.79. The smallest absolute Gasteiger partial charge is 0.248 e. The van der Waals surface area contributed by atoms with Gasteiger partial charge in [0.2, 0.25) is 23.6 Å². The Kier molecular flexibility index (Phi) is 6.18. The molecule has 4 amide bonds. The molecular weight excluding hydrogens is 436 g/mol. The summed E-state index contributed by atoms with van der Waals surface area (Å²) in [5.41, 5.74) is 0.761. The zero-order chi connectivity index (χ0) is 23.8. The molecule has 182 valence electrons. The van der Waals surface area contributed by atoms with Crippen LogP contribution in [-0.2, 0) is 25.6 Å². The molecule has 1 aromatic rings. The van der Waals surface area contributed by atoms with Gasteiger partial charge in [-0.25, -0.2) is 0 Å². The minimum absolute atomic E-state index is 0.0281. The average Bonchev–Trinajstić information content (AvgIpc) is 3.57. The van der Waals surface area contributed by atoms with Crippen molar-refractivity contribution in [1.29, 1.82) is 0 Å². The molecule has 0 spiro atoms. The van der Waals surface area contributed by atoms with Crippen molar-refractivity contribution in [2.45, 2.75) is 69.1 Å². The molecule has 3 aliphatic heterocycles. The van der Waals surface area contributed by atoms with Crippen molar-refractivity contribution in [3.63, 3.8) is 0 Å². The fourth-order valence-electron chi connectivity index (χ4n) is 6.03. The second-order valence-corrected chi connectivity index (χ2v) is 9.85. The van der Waals surface area contributed by atoms with Gasteiger partial charge in [0, 0.05) is 30.6 Å². The molecule has 0 radical (unpaired) electrons. The summed E-state index contributed by atoms with van der Waals surface area (Å²) in [6, 6.07) is 5.37. The van der Waals surface area contributed by atoms with Crippen LogP contribution in [0.1, 0.15) is 44.1 Å².